The summed E-state index contributed by atoms with van der Waals surface area (Å²) < 4.78 is 5.67. The highest BCUT2D eigenvalue weighted by molar-refractivity contribution is 6.31. The standard InChI is InChI=1S/C19H20ClNO2/c1-3-13-23-18-10-5-4-7-15(18)11-12-19(22)21-17-9-6-8-16(20)14(17)2/h4-12H,3,13H2,1-2H3,(H,21,22). The molecule has 1 amide bonds. The van der Waals surface area contributed by atoms with E-state index in [1.807, 2.05) is 43.3 Å². The first kappa shape index (κ1) is 17.1. The van der Waals surface area contributed by atoms with Crippen LogP contribution >= 0.6 is 11.6 Å². The van der Waals surface area contributed by atoms with E-state index in [9.17, 15) is 4.79 Å². The van der Waals surface area contributed by atoms with Gasteiger partial charge < -0.3 is 10.1 Å². The summed E-state index contributed by atoms with van der Waals surface area (Å²) in [5.41, 5.74) is 2.43. The first-order chi connectivity index (χ1) is 11.1. The number of carbonyl (C=O) groups excluding carboxylic acids is 1. The molecule has 4 heteroatoms. The van der Waals surface area contributed by atoms with Crippen LogP contribution in [0.2, 0.25) is 5.02 Å². The molecule has 120 valence electrons. The summed E-state index contributed by atoms with van der Waals surface area (Å²) in [7, 11) is 0. The molecule has 2 rings (SSSR count). The summed E-state index contributed by atoms with van der Waals surface area (Å²) in [6.45, 7) is 4.58. The van der Waals surface area contributed by atoms with Crippen molar-refractivity contribution in [1.29, 1.82) is 0 Å². The maximum Gasteiger partial charge on any atom is 0.248 e. The Bertz CT molecular complexity index is 710. The molecule has 0 atom stereocenters. The zero-order valence-corrected chi connectivity index (χ0v) is 14.1. The smallest absolute Gasteiger partial charge is 0.248 e. The summed E-state index contributed by atoms with van der Waals surface area (Å²) >= 11 is 6.05. The van der Waals surface area contributed by atoms with Crippen LogP contribution in [0, 0.1) is 6.92 Å². The molecule has 23 heavy (non-hydrogen) atoms. The van der Waals surface area contributed by atoms with Crippen LogP contribution in [0.4, 0.5) is 5.69 Å². The second kappa shape index (κ2) is 8.39. The molecule has 0 aromatic heterocycles. The second-order valence-electron chi connectivity index (χ2n) is 5.12. The molecule has 0 spiro atoms. The van der Waals surface area contributed by atoms with Crippen LogP contribution in [-0.4, -0.2) is 12.5 Å². The van der Waals surface area contributed by atoms with Crippen molar-refractivity contribution in [3.8, 4) is 5.75 Å². The van der Waals surface area contributed by atoms with E-state index in [0.29, 0.717) is 17.3 Å². The molecule has 0 bridgehead atoms. The Balaban J connectivity index is 2.08. The fourth-order valence-corrected chi connectivity index (χ4v) is 2.22. The number of rotatable bonds is 6. The van der Waals surface area contributed by atoms with E-state index < -0.39 is 0 Å². The van der Waals surface area contributed by atoms with E-state index in [-0.39, 0.29) is 5.91 Å². The minimum Gasteiger partial charge on any atom is -0.493 e. The molecule has 3 nitrogen and oxygen atoms in total. The molecular formula is C19H20ClNO2. The molecule has 0 unspecified atom stereocenters. The van der Waals surface area contributed by atoms with Gasteiger partial charge in [0.15, 0.2) is 0 Å². The Hall–Kier alpha value is -2.26. The number of hydrogen-bond donors (Lipinski definition) is 1. The fraction of sp³-hybridized carbons (Fsp3) is 0.211. The summed E-state index contributed by atoms with van der Waals surface area (Å²) in [5.74, 6) is 0.568. The lowest BCUT2D eigenvalue weighted by Crippen LogP contribution is -2.09. The molecule has 0 aliphatic carbocycles. The number of halogens is 1. The van der Waals surface area contributed by atoms with Gasteiger partial charge in [0.05, 0.1) is 6.61 Å². The summed E-state index contributed by atoms with van der Waals surface area (Å²) in [6.07, 6.45) is 4.18. The average molecular weight is 330 g/mol. The Morgan fingerprint density at radius 2 is 2.00 bits per heavy atom. The largest absolute Gasteiger partial charge is 0.493 e. The van der Waals surface area contributed by atoms with Crippen LogP contribution in [0.15, 0.2) is 48.5 Å². The minimum absolute atomic E-state index is 0.208. The van der Waals surface area contributed by atoms with Gasteiger partial charge in [-0.3, -0.25) is 4.79 Å². The van der Waals surface area contributed by atoms with Gasteiger partial charge in [-0.1, -0.05) is 42.8 Å². The monoisotopic (exact) mass is 329 g/mol. The van der Waals surface area contributed by atoms with Crippen molar-refractivity contribution in [2.45, 2.75) is 20.3 Å². The van der Waals surface area contributed by atoms with Gasteiger partial charge in [0.2, 0.25) is 5.91 Å². The third-order valence-electron chi connectivity index (χ3n) is 3.32. The van der Waals surface area contributed by atoms with E-state index in [4.69, 9.17) is 16.3 Å². The van der Waals surface area contributed by atoms with E-state index in [1.165, 1.54) is 6.08 Å². The highest BCUT2D eigenvalue weighted by Gasteiger charge is 2.05. The third-order valence-corrected chi connectivity index (χ3v) is 3.73. The number of para-hydroxylation sites is 1. The van der Waals surface area contributed by atoms with E-state index in [2.05, 4.69) is 12.2 Å². The predicted molar refractivity (Wildman–Crippen MR) is 96.1 cm³/mol. The van der Waals surface area contributed by atoms with Crippen LogP contribution < -0.4 is 10.1 Å². The van der Waals surface area contributed by atoms with E-state index >= 15 is 0 Å². The zero-order chi connectivity index (χ0) is 16.7. The maximum atomic E-state index is 12.1. The van der Waals surface area contributed by atoms with Crippen molar-refractivity contribution in [1.82, 2.24) is 0 Å². The zero-order valence-electron chi connectivity index (χ0n) is 13.3. The van der Waals surface area contributed by atoms with Crippen molar-refractivity contribution in [3.05, 3.63) is 64.7 Å². The average Bonchev–Trinajstić information content (AvgIpc) is 2.56. The van der Waals surface area contributed by atoms with E-state index in [0.717, 1.165) is 23.3 Å². The molecular weight excluding hydrogens is 310 g/mol. The summed E-state index contributed by atoms with van der Waals surface area (Å²) in [5, 5.41) is 3.46. The summed E-state index contributed by atoms with van der Waals surface area (Å²) in [6, 6.07) is 13.1. The Kier molecular flexibility index (Phi) is 6.24. The third kappa shape index (κ3) is 4.86. The van der Waals surface area contributed by atoms with Crippen molar-refractivity contribution in [2.75, 3.05) is 11.9 Å². The fourth-order valence-electron chi connectivity index (χ4n) is 2.04. The van der Waals surface area contributed by atoms with Crippen LogP contribution in [0.3, 0.4) is 0 Å². The molecule has 1 N–H and O–H groups in total. The van der Waals surface area contributed by atoms with Gasteiger partial charge in [0.25, 0.3) is 0 Å². The number of carbonyl (C=O) groups is 1. The quantitative estimate of drug-likeness (QED) is 0.750. The number of nitrogens with one attached hydrogen (secondary N) is 1. The lowest BCUT2D eigenvalue weighted by atomic mass is 10.1. The first-order valence-corrected chi connectivity index (χ1v) is 7.95. The Morgan fingerprint density at radius 3 is 2.78 bits per heavy atom. The van der Waals surface area contributed by atoms with Gasteiger partial charge in [-0.05, 0) is 43.2 Å². The maximum absolute atomic E-state index is 12.1. The number of ether oxygens (including phenoxy) is 1. The second-order valence-corrected chi connectivity index (χ2v) is 5.53. The molecule has 0 radical (unpaired) electrons. The van der Waals surface area contributed by atoms with Gasteiger partial charge in [0, 0.05) is 22.3 Å². The number of anilines is 1. The van der Waals surface area contributed by atoms with Gasteiger partial charge >= 0.3 is 0 Å². The highest BCUT2D eigenvalue weighted by Crippen LogP contribution is 2.23. The predicted octanol–water partition coefficient (Wildman–Crippen LogP) is 5.09. The van der Waals surface area contributed by atoms with E-state index in [1.54, 1.807) is 12.1 Å². The lowest BCUT2D eigenvalue weighted by molar-refractivity contribution is -0.111. The highest BCUT2D eigenvalue weighted by atomic mass is 35.5. The molecule has 0 saturated carbocycles. The van der Waals surface area contributed by atoms with Crippen molar-refractivity contribution >= 4 is 29.3 Å². The van der Waals surface area contributed by atoms with Gasteiger partial charge in [-0.15, -0.1) is 0 Å². The lowest BCUT2D eigenvalue weighted by Gasteiger charge is -2.08. The summed E-state index contributed by atoms with van der Waals surface area (Å²) in [4.78, 5) is 12.1. The topological polar surface area (TPSA) is 38.3 Å². The molecule has 0 aliphatic heterocycles. The molecule has 2 aromatic carbocycles. The SMILES string of the molecule is CCCOc1ccccc1C=CC(=O)Nc1cccc(Cl)c1C. The number of amides is 1. The van der Waals surface area contributed by atoms with Gasteiger partial charge in [-0.25, -0.2) is 0 Å². The number of benzene rings is 2. The van der Waals surface area contributed by atoms with Crippen molar-refractivity contribution in [3.63, 3.8) is 0 Å². The molecule has 0 heterocycles. The van der Waals surface area contributed by atoms with Gasteiger partial charge in [0.1, 0.15) is 5.75 Å². The Morgan fingerprint density at radius 1 is 1.22 bits per heavy atom. The van der Waals surface area contributed by atoms with Crippen molar-refractivity contribution in [2.24, 2.45) is 0 Å². The molecule has 0 saturated heterocycles. The normalized spacial score (nSPS) is 10.7. The van der Waals surface area contributed by atoms with Crippen LogP contribution in [0.5, 0.6) is 5.75 Å². The van der Waals surface area contributed by atoms with Crippen LogP contribution in [0.1, 0.15) is 24.5 Å². The van der Waals surface area contributed by atoms with Crippen LogP contribution in [0.25, 0.3) is 6.08 Å². The van der Waals surface area contributed by atoms with Crippen molar-refractivity contribution < 1.29 is 9.53 Å². The Labute approximate surface area is 141 Å². The molecule has 0 aliphatic rings. The number of hydrogen-bond acceptors (Lipinski definition) is 2. The minimum atomic E-state index is -0.208. The molecule has 2 aromatic rings. The van der Waals surface area contributed by atoms with Crippen LogP contribution in [-0.2, 0) is 4.79 Å². The van der Waals surface area contributed by atoms with Gasteiger partial charge in [-0.2, -0.15) is 0 Å². The molecule has 0 fully saturated rings. The first-order valence-electron chi connectivity index (χ1n) is 7.58.